The van der Waals surface area contributed by atoms with Crippen LogP contribution in [0.4, 0.5) is 0 Å². The van der Waals surface area contributed by atoms with Crippen LogP contribution in [0.5, 0.6) is 0 Å². The lowest BCUT2D eigenvalue weighted by Crippen LogP contribution is -2.37. The first-order valence-corrected chi connectivity index (χ1v) is 25.3. The van der Waals surface area contributed by atoms with Crippen LogP contribution in [0, 0.1) is 17.8 Å². The molecule has 1 aliphatic rings. The average molecular weight is 775 g/mol. The smallest absolute Gasteiger partial charge is 0.306 e. The van der Waals surface area contributed by atoms with Crippen LogP contribution in [-0.4, -0.2) is 24.1 Å². The Bertz CT molecular complexity index is 839. The number of ether oxygens (including phenoxy) is 2. The van der Waals surface area contributed by atoms with Crippen molar-refractivity contribution in [2.45, 2.75) is 297 Å². The molecule has 0 radical (unpaired) electrons. The van der Waals surface area contributed by atoms with Gasteiger partial charge in [-0.25, -0.2) is 0 Å². The topological polar surface area (TPSA) is 52.6 Å². The van der Waals surface area contributed by atoms with Crippen molar-refractivity contribution in [3.63, 3.8) is 0 Å². The van der Waals surface area contributed by atoms with Gasteiger partial charge >= 0.3 is 11.9 Å². The van der Waals surface area contributed by atoms with Crippen LogP contribution in [0.15, 0.2) is 0 Å². The van der Waals surface area contributed by atoms with Crippen molar-refractivity contribution in [3.05, 3.63) is 0 Å². The van der Waals surface area contributed by atoms with E-state index < -0.39 is 0 Å². The third-order valence-corrected chi connectivity index (χ3v) is 12.6. The maximum atomic E-state index is 13.1. The molecule has 1 saturated carbocycles. The number of rotatable bonds is 41. The van der Waals surface area contributed by atoms with Crippen molar-refractivity contribution in [2.24, 2.45) is 17.8 Å². The fourth-order valence-electron chi connectivity index (χ4n) is 8.92. The Labute approximate surface area is 345 Å². The molecular weight excluding hydrogens is 677 g/mol. The minimum atomic E-state index is -0.296. The minimum Gasteiger partial charge on any atom is -0.458 e. The van der Waals surface area contributed by atoms with Crippen molar-refractivity contribution in [1.29, 1.82) is 0 Å². The second kappa shape index (κ2) is 38.5. The molecule has 1 rings (SSSR count). The molecule has 0 N–H and O–H groups in total. The number of hydrogen-bond acceptors (Lipinski definition) is 4. The summed E-state index contributed by atoms with van der Waals surface area (Å²) in [5.74, 6) is 0.938. The van der Waals surface area contributed by atoms with E-state index in [0.29, 0.717) is 18.8 Å². The Balaban J connectivity index is 2.17. The fraction of sp³-hybridized carbons (Fsp3) is 0.961. The molecule has 0 saturated heterocycles. The third kappa shape index (κ3) is 31.6. The molecule has 0 bridgehead atoms. The Hall–Kier alpha value is -1.06. The second-order valence-corrected chi connectivity index (χ2v) is 18.7. The van der Waals surface area contributed by atoms with Gasteiger partial charge < -0.3 is 9.47 Å². The Morgan fingerprint density at radius 3 is 1.00 bits per heavy atom. The van der Waals surface area contributed by atoms with E-state index in [9.17, 15) is 9.59 Å². The van der Waals surface area contributed by atoms with Crippen molar-refractivity contribution in [1.82, 2.24) is 0 Å². The summed E-state index contributed by atoms with van der Waals surface area (Å²) in [4.78, 5) is 26.1. The molecule has 0 spiro atoms. The molecule has 326 valence electrons. The summed E-state index contributed by atoms with van der Waals surface area (Å²) in [5, 5.41) is 0. The number of carbonyl (C=O) groups excluding carboxylic acids is 2. The van der Waals surface area contributed by atoms with Gasteiger partial charge in [0.05, 0.1) is 0 Å². The molecule has 0 aliphatic heterocycles. The Kier molecular flexibility index (Phi) is 36.3. The van der Waals surface area contributed by atoms with Crippen molar-refractivity contribution in [2.75, 3.05) is 0 Å². The molecule has 0 aromatic carbocycles. The van der Waals surface area contributed by atoms with Gasteiger partial charge in [-0.3, -0.25) is 9.59 Å². The Morgan fingerprint density at radius 2 is 0.709 bits per heavy atom. The second-order valence-electron chi connectivity index (χ2n) is 18.7. The van der Waals surface area contributed by atoms with Crippen LogP contribution in [0.2, 0.25) is 0 Å². The van der Waals surface area contributed by atoms with Crippen LogP contribution < -0.4 is 0 Å². The maximum absolute atomic E-state index is 13.1. The fourth-order valence-corrected chi connectivity index (χ4v) is 8.92. The highest BCUT2D eigenvalue weighted by atomic mass is 16.6. The van der Waals surface area contributed by atoms with Crippen molar-refractivity contribution < 1.29 is 19.1 Å². The van der Waals surface area contributed by atoms with E-state index in [2.05, 4.69) is 34.6 Å². The molecule has 4 atom stereocenters. The lowest BCUT2D eigenvalue weighted by molar-refractivity contribution is -0.170. The maximum Gasteiger partial charge on any atom is 0.306 e. The van der Waals surface area contributed by atoms with E-state index in [0.717, 1.165) is 44.9 Å². The van der Waals surface area contributed by atoms with Crippen molar-refractivity contribution >= 4 is 11.9 Å². The predicted molar refractivity (Wildman–Crippen MR) is 239 cm³/mol. The first kappa shape index (κ1) is 52.0. The molecule has 1 aliphatic carbocycles. The summed E-state index contributed by atoms with van der Waals surface area (Å²) in [5.41, 5.74) is 0. The van der Waals surface area contributed by atoms with E-state index >= 15 is 0 Å². The summed E-state index contributed by atoms with van der Waals surface area (Å²) in [6.07, 6.45) is 48.9. The molecule has 1 fully saturated rings. The zero-order chi connectivity index (χ0) is 40.0. The molecule has 0 heterocycles. The molecule has 4 nitrogen and oxygen atoms in total. The number of esters is 2. The molecule has 0 aromatic rings. The van der Waals surface area contributed by atoms with Gasteiger partial charge in [0, 0.05) is 18.8 Å². The molecule has 55 heavy (non-hydrogen) atoms. The zero-order valence-corrected chi connectivity index (χ0v) is 38.1. The molecule has 4 heteroatoms. The van der Waals surface area contributed by atoms with Crippen LogP contribution in [-0.2, 0) is 19.1 Å². The van der Waals surface area contributed by atoms with Gasteiger partial charge in [-0.15, -0.1) is 0 Å². The van der Waals surface area contributed by atoms with Gasteiger partial charge in [0.25, 0.3) is 0 Å². The summed E-state index contributed by atoms with van der Waals surface area (Å²) >= 11 is 0. The SMILES string of the molecule is CCCCCCCCCCCCCCCCCCCC(=O)O[C@@H]1[C@@H](CCC(C)C)C[C@@H](C)[C@@H]1OC(=O)CCCCCCCCCCCCCCCCCCC. The van der Waals surface area contributed by atoms with E-state index in [4.69, 9.17) is 9.47 Å². The van der Waals surface area contributed by atoms with E-state index in [1.807, 2.05) is 0 Å². The third-order valence-electron chi connectivity index (χ3n) is 12.6. The number of carbonyl (C=O) groups is 2. The molecule has 0 aromatic heterocycles. The van der Waals surface area contributed by atoms with Gasteiger partial charge in [0.15, 0.2) is 0 Å². The van der Waals surface area contributed by atoms with E-state index in [1.54, 1.807) is 0 Å². The predicted octanol–water partition coefficient (Wildman–Crippen LogP) is 17.0. The lowest BCUT2D eigenvalue weighted by atomic mass is 9.94. The zero-order valence-electron chi connectivity index (χ0n) is 38.1. The quantitative estimate of drug-likeness (QED) is 0.0458. The van der Waals surface area contributed by atoms with Gasteiger partial charge in [0.1, 0.15) is 12.2 Å². The largest absolute Gasteiger partial charge is 0.458 e. The number of hydrogen-bond donors (Lipinski definition) is 0. The van der Waals surface area contributed by atoms with Gasteiger partial charge in [0.2, 0.25) is 0 Å². The van der Waals surface area contributed by atoms with Crippen LogP contribution >= 0.6 is 0 Å². The molecular formula is C51H98O4. The first-order chi connectivity index (χ1) is 26.9. The minimum absolute atomic E-state index is 0.0937. The highest BCUT2D eigenvalue weighted by Gasteiger charge is 2.45. The number of unbranched alkanes of at least 4 members (excludes halogenated alkanes) is 32. The standard InChI is InChI=1S/C51H98O4/c1-6-8-10-12-14-16-18-20-22-24-26-28-30-32-34-36-38-40-48(52)54-50-46(5)44-47(43-42-45(3)4)51(50)55-49(53)41-39-37-35-33-31-29-27-25-23-21-19-17-15-13-11-9-7-2/h45-47,50-51H,6-44H2,1-5H3/t46-,47+,50+,51-/m1/s1. The average Bonchev–Trinajstić information content (AvgIpc) is 3.45. The molecule has 0 amide bonds. The lowest BCUT2D eigenvalue weighted by Gasteiger charge is -2.26. The Morgan fingerprint density at radius 1 is 0.436 bits per heavy atom. The highest BCUT2D eigenvalue weighted by Crippen LogP contribution is 2.39. The molecule has 0 unspecified atom stereocenters. The van der Waals surface area contributed by atoms with Crippen molar-refractivity contribution in [3.8, 4) is 0 Å². The summed E-state index contributed by atoms with van der Waals surface area (Å²) in [6.45, 7) is 11.3. The van der Waals surface area contributed by atoms with Crippen LogP contribution in [0.25, 0.3) is 0 Å². The highest BCUT2D eigenvalue weighted by molar-refractivity contribution is 5.70. The van der Waals surface area contributed by atoms with Gasteiger partial charge in [-0.1, -0.05) is 247 Å². The van der Waals surface area contributed by atoms with E-state index in [-0.39, 0.29) is 36.0 Å². The van der Waals surface area contributed by atoms with Gasteiger partial charge in [-0.2, -0.15) is 0 Å². The monoisotopic (exact) mass is 775 g/mol. The van der Waals surface area contributed by atoms with Crippen LogP contribution in [0.1, 0.15) is 285 Å². The summed E-state index contributed by atoms with van der Waals surface area (Å²) in [7, 11) is 0. The first-order valence-electron chi connectivity index (χ1n) is 25.3. The summed E-state index contributed by atoms with van der Waals surface area (Å²) in [6, 6.07) is 0. The normalized spacial score (nSPS) is 18.4. The van der Waals surface area contributed by atoms with Crippen LogP contribution in [0.3, 0.4) is 0 Å². The van der Waals surface area contributed by atoms with Gasteiger partial charge in [-0.05, 0) is 37.5 Å². The summed E-state index contributed by atoms with van der Waals surface area (Å²) < 4.78 is 12.3. The van der Waals surface area contributed by atoms with E-state index in [1.165, 1.54) is 193 Å².